The largest absolute Gasteiger partial charge is 0.352 e. The normalized spacial score (nSPS) is 30.8. The highest BCUT2D eigenvalue weighted by molar-refractivity contribution is 6.31. The Kier molecular flexibility index (Phi) is 4.70. The molecule has 2 atom stereocenters. The van der Waals surface area contributed by atoms with E-state index in [9.17, 15) is 4.79 Å². The monoisotopic (exact) mass is 334 g/mol. The lowest BCUT2D eigenvalue weighted by Gasteiger charge is -2.46. The van der Waals surface area contributed by atoms with Crippen molar-refractivity contribution in [3.05, 3.63) is 34.9 Å². The van der Waals surface area contributed by atoms with Gasteiger partial charge in [0, 0.05) is 17.1 Å². The fraction of sp³-hybridized carbons (Fsp3) is 0.632. The van der Waals surface area contributed by atoms with Gasteiger partial charge in [-0.15, -0.1) is 0 Å². The van der Waals surface area contributed by atoms with Gasteiger partial charge in [0.15, 0.2) is 0 Å². The summed E-state index contributed by atoms with van der Waals surface area (Å²) in [6, 6.07) is 8.20. The number of halogens is 1. The van der Waals surface area contributed by atoms with Gasteiger partial charge in [0.2, 0.25) is 5.91 Å². The Balaban J connectivity index is 1.77. The van der Waals surface area contributed by atoms with Gasteiger partial charge in [-0.1, -0.05) is 36.2 Å². The molecule has 0 aromatic heterocycles. The van der Waals surface area contributed by atoms with E-state index < -0.39 is 5.41 Å². The number of rotatable bonds is 3. The maximum atomic E-state index is 13.0. The fourth-order valence-electron chi connectivity index (χ4n) is 4.45. The maximum Gasteiger partial charge on any atom is 0.230 e. The highest BCUT2D eigenvalue weighted by Gasteiger charge is 2.42. The summed E-state index contributed by atoms with van der Waals surface area (Å²) in [5.74, 6) is 1.13. The van der Waals surface area contributed by atoms with Crippen molar-refractivity contribution in [2.75, 3.05) is 0 Å². The average Bonchev–Trinajstić information content (AvgIpc) is 2.48. The minimum absolute atomic E-state index is 0.0722. The van der Waals surface area contributed by atoms with Crippen LogP contribution in [0.3, 0.4) is 0 Å². The van der Waals surface area contributed by atoms with Crippen LogP contribution in [0.2, 0.25) is 5.02 Å². The molecule has 2 saturated carbocycles. The van der Waals surface area contributed by atoms with Crippen molar-refractivity contribution in [3.8, 4) is 0 Å². The van der Waals surface area contributed by atoms with E-state index in [1.807, 2.05) is 38.1 Å². The summed E-state index contributed by atoms with van der Waals surface area (Å²) in [6.07, 6.45) is 5.70. The average molecular weight is 335 g/mol. The van der Waals surface area contributed by atoms with E-state index in [2.05, 4.69) is 5.32 Å². The molecule has 2 fully saturated rings. The number of hydrogen-bond donors (Lipinski definition) is 2. The second-order valence-corrected chi connectivity index (χ2v) is 8.19. The summed E-state index contributed by atoms with van der Waals surface area (Å²) < 4.78 is 0. The number of hydrogen-bond acceptors (Lipinski definition) is 2. The molecule has 0 spiro atoms. The van der Waals surface area contributed by atoms with Crippen LogP contribution in [0.15, 0.2) is 24.3 Å². The van der Waals surface area contributed by atoms with E-state index in [4.69, 9.17) is 17.3 Å². The maximum absolute atomic E-state index is 13.0. The summed E-state index contributed by atoms with van der Waals surface area (Å²) in [6.45, 7) is 3.90. The number of benzene rings is 1. The first-order valence-corrected chi connectivity index (χ1v) is 9.09. The first-order chi connectivity index (χ1) is 10.9. The Bertz CT molecular complexity index is 572. The number of nitrogens with one attached hydrogen (secondary N) is 1. The quantitative estimate of drug-likeness (QED) is 0.886. The molecular formula is C19H27ClN2O. The number of nitrogens with two attached hydrogens (primary N) is 1. The number of amides is 1. The van der Waals surface area contributed by atoms with Gasteiger partial charge in [-0.3, -0.25) is 4.79 Å². The SMILES string of the molecule is CC(C)(C(=O)NC1C2CCCC1CC(N)C2)c1ccccc1Cl. The highest BCUT2D eigenvalue weighted by Crippen LogP contribution is 2.40. The van der Waals surface area contributed by atoms with Crippen LogP contribution < -0.4 is 11.1 Å². The van der Waals surface area contributed by atoms with E-state index in [1.54, 1.807) is 0 Å². The molecule has 3 nitrogen and oxygen atoms in total. The van der Waals surface area contributed by atoms with Gasteiger partial charge in [0.25, 0.3) is 0 Å². The van der Waals surface area contributed by atoms with Crippen molar-refractivity contribution in [2.24, 2.45) is 17.6 Å². The van der Waals surface area contributed by atoms with E-state index in [0.29, 0.717) is 22.9 Å². The van der Waals surface area contributed by atoms with Gasteiger partial charge in [0.1, 0.15) is 0 Å². The zero-order valence-corrected chi connectivity index (χ0v) is 14.8. The second kappa shape index (κ2) is 6.45. The molecule has 0 saturated heterocycles. The van der Waals surface area contributed by atoms with Crippen LogP contribution in [0.5, 0.6) is 0 Å². The molecule has 0 heterocycles. The summed E-state index contributed by atoms with van der Waals surface area (Å²) in [5, 5.41) is 4.01. The third kappa shape index (κ3) is 3.27. The molecule has 4 heteroatoms. The molecule has 3 N–H and O–H groups in total. The second-order valence-electron chi connectivity index (χ2n) is 7.79. The Morgan fingerprint density at radius 1 is 1.22 bits per heavy atom. The molecular weight excluding hydrogens is 308 g/mol. The van der Waals surface area contributed by atoms with E-state index in [1.165, 1.54) is 19.3 Å². The van der Waals surface area contributed by atoms with Crippen LogP contribution in [0.4, 0.5) is 0 Å². The van der Waals surface area contributed by atoms with Crippen LogP contribution >= 0.6 is 11.6 Å². The summed E-state index contributed by atoms with van der Waals surface area (Å²) in [5.41, 5.74) is 6.44. The standard InChI is InChI=1S/C19H27ClN2O/c1-19(2,15-8-3-4-9-16(15)20)18(23)22-17-12-6-5-7-13(17)11-14(21)10-12/h3-4,8-9,12-14,17H,5-7,10-11,21H2,1-2H3,(H,22,23). The minimum Gasteiger partial charge on any atom is -0.352 e. The van der Waals surface area contributed by atoms with Crippen LogP contribution in [0.1, 0.15) is 51.5 Å². The first kappa shape index (κ1) is 16.8. The summed E-state index contributed by atoms with van der Waals surface area (Å²) >= 11 is 6.31. The van der Waals surface area contributed by atoms with Gasteiger partial charge in [-0.05, 0) is 63.0 Å². The highest BCUT2D eigenvalue weighted by atomic mass is 35.5. The fourth-order valence-corrected chi connectivity index (χ4v) is 4.82. The van der Waals surface area contributed by atoms with Crippen molar-refractivity contribution in [1.82, 2.24) is 5.32 Å². The predicted octanol–water partition coefficient (Wildman–Crippen LogP) is 3.64. The molecule has 3 rings (SSSR count). The molecule has 0 radical (unpaired) electrons. The van der Waals surface area contributed by atoms with Crippen LogP contribution in [0, 0.1) is 11.8 Å². The number of carbonyl (C=O) groups excluding carboxylic acids is 1. The Hall–Kier alpha value is -1.06. The molecule has 1 amide bonds. The molecule has 2 aliphatic carbocycles. The topological polar surface area (TPSA) is 55.1 Å². The lowest BCUT2D eigenvalue weighted by Crippen LogP contribution is -2.56. The Morgan fingerprint density at radius 2 is 1.83 bits per heavy atom. The van der Waals surface area contributed by atoms with Gasteiger partial charge < -0.3 is 11.1 Å². The van der Waals surface area contributed by atoms with Crippen LogP contribution in [-0.4, -0.2) is 18.0 Å². The molecule has 2 unspecified atom stereocenters. The van der Waals surface area contributed by atoms with Crippen molar-refractivity contribution in [2.45, 2.75) is 63.5 Å². The van der Waals surface area contributed by atoms with Gasteiger partial charge in [-0.25, -0.2) is 0 Å². The van der Waals surface area contributed by atoms with Gasteiger partial charge in [-0.2, -0.15) is 0 Å². The van der Waals surface area contributed by atoms with Crippen LogP contribution in [-0.2, 0) is 10.2 Å². The molecule has 1 aromatic carbocycles. The molecule has 2 bridgehead atoms. The van der Waals surface area contributed by atoms with E-state index in [-0.39, 0.29) is 11.9 Å². The molecule has 126 valence electrons. The number of fused-ring (bicyclic) bond motifs is 2. The van der Waals surface area contributed by atoms with Crippen molar-refractivity contribution >= 4 is 17.5 Å². The van der Waals surface area contributed by atoms with Gasteiger partial charge in [0.05, 0.1) is 5.41 Å². The third-order valence-electron chi connectivity index (χ3n) is 5.79. The first-order valence-electron chi connectivity index (χ1n) is 8.71. The molecule has 23 heavy (non-hydrogen) atoms. The van der Waals surface area contributed by atoms with Crippen molar-refractivity contribution in [3.63, 3.8) is 0 Å². The number of carbonyl (C=O) groups is 1. The molecule has 1 aromatic rings. The summed E-state index contributed by atoms with van der Waals surface area (Å²) in [7, 11) is 0. The van der Waals surface area contributed by atoms with Crippen LogP contribution in [0.25, 0.3) is 0 Å². The zero-order valence-electron chi connectivity index (χ0n) is 14.0. The van der Waals surface area contributed by atoms with Crippen molar-refractivity contribution < 1.29 is 4.79 Å². The zero-order chi connectivity index (χ0) is 16.6. The third-order valence-corrected chi connectivity index (χ3v) is 6.12. The smallest absolute Gasteiger partial charge is 0.230 e. The lowest BCUT2D eigenvalue weighted by atomic mass is 9.66. The minimum atomic E-state index is -0.633. The Labute approximate surface area is 144 Å². The van der Waals surface area contributed by atoms with Crippen molar-refractivity contribution in [1.29, 1.82) is 0 Å². The van der Waals surface area contributed by atoms with E-state index in [0.717, 1.165) is 18.4 Å². The lowest BCUT2D eigenvalue weighted by molar-refractivity contribution is -0.128. The molecule has 0 aliphatic heterocycles. The summed E-state index contributed by atoms with van der Waals surface area (Å²) in [4.78, 5) is 13.0. The Morgan fingerprint density at radius 3 is 2.43 bits per heavy atom. The predicted molar refractivity (Wildman–Crippen MR) is 94.4 cm³/mol. The molecule has 2 aliphatic rings. The van der Waals surface area contributed by atoms with Gasteiger partial charge >= 0.3 is 0 Å². The van der Waals surface area contributed by atoms with E-state index >= 15 is 0 Å².